The van der Waals surface area contributed by atoms with Crippen molar-refractivity contribution < 1.29 is 0 Å². The van der Waals surface area contributed by atoms with Gasteiger partial charge in [0.25, 0.3) is 0 Å². The van der Waals surface area contributed by atoms with Crippen molar-refractivity contribution >= 4 is 33.4 Å². The van der Waals surface area contributed by atoms with Gasteiger partial charge in [-0.25, -0.2) is 0 Å². The summed E-state index contributed by atoms with van der Waals surface area (Å²) >= 11 is 5.75. The molecule has 1 saturated heterocycles. The molecule has 0 saturated carbocycles. The molecule has 2 rings (SSSR count). The van der Waals surface area contributed by atoms with Crippen LogP contribution in [0.15, 0.2) is 22.7 Å². The first-order valence-corrected chi connectivity index (χ1v) is 8.29. The summed E-state index contributed by atoms with van der Waals surface area (Å²) in [7, 11) is 1.98. The van der Waals surface area contributed by atoms with Crippen LogP contribution in [0, 0.1) is 0 Å². The topological polar surface area (TPSA) is 15.3 Å². The van der Waals surface area contributed by atoms with Crippen molar-refractivity contribution in [1.82, 2.24) is 5.32 Å². The number of nitrogens with zero attached hydrogens (tertiary/aromatic N) is 1. The van der Waals surface area contributed by atoms with Gasteiger partial charge in [-0.2, -0.15) is 11.8 Å². The number of benzene rings is 1. The highest BCUT2D eigenvalue weighted by molar-refractivity contribution is 9.10. The summed E-state index contributed by atoms with van der Waals surface area (Å²) in [6.45, 7) is 6.70. The van der Waals surface area contributed by atoms with E-state index in [4.69, 9.17) is 0 Å². The molecular weight excluding hydrogens is 308 g/mol. The molecule has 1 aromatic rings. The van der Waals surface area contributed by atoms with Crippen molar-refractivity contribution in [3.8, 4) is 0 Å². The van der Waals surface area contributed by atoms with Gasteiger partial charge in [0.15, 0.2) is 0 Å². The Morgan fingerprint density at radius 3 is 2.89 bits per heavy atom. The quantitative estimate of drug-likeness (QED) is 0.914. The molecule has 2 nitrogen and oxygen atoms in total. The summed E-state index contributed by atoms with van der Waals surface area (Å²) in [6, 6.07) is 7.32. The fourth-order valence-electron chi connectivity index (χ4n) is 2.35. The van der Waals surface area contributed by atoms with Gasteiger partial charge in [0.05, 0.1) is 0 Å². The van der Waals surface area contributed by atoms with Crippen LogP contribution in [0.1, 0.15) is 19.4 Å². The number of hydrogen-bond donors (Lipinski definition) is 1. The zero-order chi connectivity index (χ0) is 13.1. The van der Waals surface area contributed by atoms with Crippen LogP contribution in [-0.4, -0.2) is 30.6 Å². The van der Waals surface area contributed by atoms with Crippen LogP contribution in [-0.2, 0) is 6.54 Å². The largest absolute Gasteiger partial charge is 0.367 e. The summed E-state index contributed by atoms with van der Waals surface area (Å²) in [5, 5.41) is 3.90. The van der Waals surface area contributed by atoms with Gasteiger partial charge in [-0.05, 0) is 31.7 Å². The molecule has 0 bridgehead atoms. The van der Waals surface area contributed by atoms with Crippen molar-refractivity contribution in [2.75, 3.05) is 24.2 Å². The Bertz CT molecular complexity index is 411. The lowest BCUT2D eigenvalue weighted by atomic mass is 10.1. The van der Waals surface area contributed by atoms with Gasteiger partial charge >= 0.3 is 0 Å². The Balaban J connectivity index is 2.20. The minimum Gasteiger partial charge on any atom is -0.367 e. The summed E-state index contributed by atoms with van der Waals surface area (Å²) in [4.78, 5) is 2.52. The predicted octanol–water partition coefficient (Wildman–Crippen LogP) is 3.50. The van der Waals surface area contributed by atoms with E-state index < -0.39 is 0 Å². The minimum absolute atomic E-state index is 0.603. The lowest BCUT2D eigenvalue weighted by Crippen LogP contribution is -2.44. The molecule has 4 heteroatoms. The molecule has 0 amide bonds. The van der Waals surface area contributed by atoms with Crippen LogP contribution >= 0.6 is 27.7 Å². The van der Waals surface area contributed by atoms with E-state index in [1.807, 2.05) is 7.05 Å². The molecule has 1 aliphatic heterocycles. The first-order chi connectivity index (χ1) is 8.63. The van der Waals surface area contributed by atoms with E-state index >= 15 is 0 Å². The van der Waals surface area contributed by atoms with Crippen molar-refractivity contribution in [2.24, 2.45) is 0 Å². The molecule has 2 unspecified atom stereocenters. The highest BCUT2D eigenvalue weighted by Gasteiger charge is 2.25. The van der Waals surface area contributed by atoms with E-state index in [1.54, 1.807) is 0 Å². The zero-order valence-corrected chi connectivity index (χ0v) is 13.6. The minimum atomic E-state index is 0.603. The Hall–Kier alpha value is -0.190. The van der Waals surface area contributed by atoms with E-state index in [-0.39, 0.29) is 0 Å². The van der Waals surface area contributed by atoms with Gasteiger partial charge in [0.1, 0.15) is 0 Å². The molecule has 1 N–H and O–H groups in total. The third-order valence-electron chi connectivity index (χ3n) is 3.62. The molecule has 1 heterocycles. The SMILES string of the molecule is CNCc1ccc(N2CCSC(C)C2C)cc1Br. The first kappa shape index (κ1) is 14.2. The van der Waals surface area contributed by atoms with Gasteiger partial charge in [0, 0.05) is 40.3 Å². The standard InChI is InChI=1S/C14H21BrN2S/c1-10-11(2)18-7-6-17(10)13-5-4-12(9-16-3)14(15)8-13/h4-5,8,10-11,16H,6-7,9H2,1-3H3. The van der Waals surface area contributed by atoms with Crippen LogP contribution in [0.2, 0.25) is 0 Å². The monoisotopic (exact) mass is 328 g/mol. The maximum absolute atomic E-state index is 3.68. The van der Waals surface area contributed by atoms with Crippen molar-refractivity contribution in [2.45, 2.75) is 31.7 Å². The number of anilines is 1. The van der Waals surface area contributed by atoms with Crippen LogP contribution in [0.4, 0.5) is 5.69 Å². The van der Waals surface area contributed by atoms with E-state index in [0.717, 1.165) is 13.1 Å². The van der Waals surface area contributed by atoms with Gasteiger partial charge in [-0.1, -0.05) is 28.9 Å². The first-order valence-electron chi connectivity index (χ1n) is 6.44. The average Bonchev–Trinajstić information content (AvgIpc) is 2.35. The second-order valence-corrected chi connectivity index (χ2v) is 7.16. The van der Waals surface area contributed by atoms with Gasteiger partial charge in [-0.15, -0.1) is 0 Å². The fraction of sp³-hybridized carbons (Fsp3) is 0.571. The highest BCUT2D eigenvalue weighted by atomic mass is 79.9. The predicted molar refractivity (Wildman–Crippen MR) is 85.6 cm³/mol. The average molecular weight is 329 g/mol. The maximum Gasteiger partial charge on any atom is 0.0380 e. The number of nitrogens with one attached hydrogen (secondary N) is 1. The maximum atomic E-state index is 3.68. The van der Waals surface area contributed by atoms with Gasteiger partial charge < -0.3 is 10.2 Å². The number of rotatable bonds is 3. The van der Waals surface area contributed by atoms with Gasteiger partial charge in [0.2, 0.25) is 0 Å². The molecule has 0 spiro atoms. The molecule has 0 radical (unpaired) electrons. The van der Waals surface area contributed by atoms with Crippen LogP contribution < -0.4 is 10.2 Å². The Morgan fingerprint density at radius 2 is 2.22 bits per heavy atom. The normalized spacial score (nSPS) is 24.3. The molecule has 100 valence electrons. The Labute approximate surface area is 123 Å². The number of hydrogen-bond acceptors (Lipinski definition) is 3. The number of thioether (sulfide) groups is 1. The molecular formula is C14H21BrN2S. The van der Waals surface area contributed by atoms with E-state index in [2.05, 4.69) is 70.0 Å². The molecule has 1 aliphatic rings. The van der Waals surface area contributed by atoms with E-state index in [1.165, 1.54) is 21.5 Å². The molecule has 1 aromatic carbocycles. The van der Waals surface area contributed by atoms with Crippen LogP contribution in [0.3, 0.4) is 0 Å². The van der Waals surface area contributed by atoms with E-state index in [9.17, 15) is 0 Å². The highest BCUT2D eigenvalue weighted by Crippen LogP contribution is 2.31. The van der Waals surface area contributed by atoms with Crippen molar-refractivity contribution in [1.29, 1.82) is 0 Å². The third kappa shape index (κ3) is 3.03. The molecule has 0 aromatic heterocycles. The van der Waals surface area contributed by atoms with Crippen molar-refractivity contribution in [3.63, 3.8) is 0 Å². The summed E-state index contributed by atoms with van der Waals surface area (Å²) < 4.78 is 1.20. The van der Waals surface area contributed by atoms with Crippen molar-refractivity contribution in [3.05, 3.63) is 28.2 Å². The van der Waals surface area contributed by atoms with E-state index in [0.29, 0.717) is 11.3 Å². The molecule has 18 heavy (non-hydrogen) atoms. The smallest absolute Gasteiger partial charge is 0.0380 e. The summed E-state index contributed by atoms with van der Waals surface area (Å²) in [5.74, 6) is 1.22. The molecule has 2 atom stereocenters. The van der Waals surface area contributed by atoms with Crippen LogP contribution in [0.5, 0.6) is 0 Å². The zero-order valence-electron chi connectivity index (χ0n) is 11.2. The fourth-order valence-corrected chi connectivity index (χ4v) is 3.95. The molecule has 1 fully saturated rings. The van der Waals surface area contributed by atoms with Gasteiger partial charge in [-0.3, -0.25) is 0 Å². The Kier molecular flexibility index (Phi) is 4.98. The second kappa shape index (κ2) is 6.31. The summed E-state index contributed by atoms with van der Waals surface area (Å²) in [6.07, 6.45) is 0. The Morgan fingerprint density at radius 1 is 1.44 bits per heavy atom. The molecule has 0 aliphatic carbocycles. The number of halogens is 1. The second-order valence-electron chi connectivity index (χ2n) is 4.82. The lowest BCUT2D eigenvalue weighted by molar-refractivity contribution is 0.627. The van der Waals surface area contributed by atoms with Crippen LogP contribution in [0.25, 0.3) is 0 Å². The lowest BCUT2D eigenvalue weighted by Gasteiger charge is -2.39. The third-order valence-corrected chi connectivity index (χ3v) is 5.70. The summed E-state index contributed by atoms with van der Waals surface area (Å²) in [5.41, 5.74) is 2.65.